The monoisotopic (exact) mass is 335 g/mol. The number of rotatable bonds is 3. The van der Waals surface area contributed by atoms with Gasteiger partial charge >= 0.3 is 0 Å². The number of fused-ring (bicyclic) bond motifs is 1. The van der Waals surface area contributed by atoms with Gasteiger partial charge in [-0.25, -0.2) is 4.39 Å². The summed E-state index contributed by atoms with van der Waals surface area (Å²) in [6, 6.07) is 7.07. The first-order chi connectivity index (χ1) is 11.0. The SMILES string of the molecule is COc1ccc(C(=O)N[C@@H]2CCc3c(F)cc(Cl)cc32)c(O)c1. The summed E-state index contributed by atoms with van der Waals surface area (Å²) in [6.07, 6.45) is 1.13. The fourth-order valence-corrected chi connectivity index (χ4v) is 3.07. The predicted molar refractivity (Wildman–Crippen MR) is 84.6 cm³/mol. The highest BCUT2D eigenvalue weighted by Gasteiger charge is 2.28. The lowest BCUT2D eigenvalue weighted by atomic mass is 10.1. The van der Waals surface area contributed by atoms with Crippen molar-refractivity contribution in [1.82, 2.24) is 5.32 Å². The molecule has 120 valence electrons. The van der Waals surface area contributed by atoms with Crippen LogP contribution in [0.2, 0.25) is 5.02 Å². The van der Waals surface area contributed by atoms with Crippen molar-refractivity contribution in [3.05, 3.63) is 57.9 Å². The lowest BCUT2D eigenvalue weighted by molar-refractivity contribution is 0.0934. The average Bonchev–Trinajstić information content (AvgIpc) is 2.90. The second-order valence-corrected chi connectivity index (χ2v) is 5.84. The van der Waals surface area contributed by atoms with E-state index in [1.165, 1.54) is 25.3 Å². The molecule has 0 saturated heterocycles. The van der Waals surface area contributed by atoms with Crippen LogP contribution in [0.25, 0.3) is 0 Å². The van der Waals surface area contributed by atoms with Crippen molar-refractivity contribution < 1.29 is 19.0 Å². The second-order valence-electron chi connectivity index (χ2n) is 5.40. The summed E-state index contributed by atoms with van der Waals surface area (Å²) in [7, 11) is 1.47. The van der Waals surface area contributed by atoms with Crippen molar-refractivity contribution in [1.29, 1.82) is 0 Å². The quantitative estimate of drug-likeness (QED) is 0.900. The van der Waals surface area contributed by atoms with Crippen molar-refractivity contribution in [2.45, 2.75) is 18.9 Å². The highest BCUT2D eigenvalue weighted by atomic mass is 35.5. The van der Waals surface area contributed by atoms with Gasteiger partial charge in [0.05, 0.1) is 18.7 Å². The lowest BCUT2D eigenvalue weighted by Gasteiger charge is -2.15. The van der Waals surface area contributed by atoms with Crippen LogP contribution in [0, 0.1) is 5.82 Å². The zero-order valence-corrected chi connectivity index (χ0v) is 13.2. The molecular weight excluding hydrogens is 321 g/mol. The van der Waals surface area contributed by atoms with E-state index in [1.807, 2.05) is 0 Å². The molecule has 0 aliphatic heterocycles. The second kappa shape index (κ2) is 6.08. The average molecular weight is 336 g/mol. The molecule has 1 aliphatic carbocycles. The van der Waals surface area contributed by atoms with Gasteiger partial charge in [0.25, 0.3) is 5.91 Å². The van der Waals surface area contributed by atoms with E-state index in [1.54, 1.807) is 12.1 Å². The topological polar surface area (TPSA) is 58.6 Å². The van der Waals surface area contributed by atoms with Gasteiger partial charge in [-0.1, -0.05) is 11.6 Å². The molecule has 0 heterocycles. The van der Waals surface area contributed by atoms with Gasteiger partial charge in [-0.05, 0) is 48.2 Å². The Balaban J connectivity index is 1.83. The maximum atomic E-state index is 13.9. The first-order valence-electron chi connectivity index (χ1n) is 7.15. The molecule has 4 nitrogen and oxygen atoms in total. The summed E-state index contributed by atoms with van der Waals surface area (Å²) in [5.74, 6) is -0.489. The lowest BCUT2D eigenvalue weighted by Crippen LogP contribution is -2.27. The highest BCUT2D eigenvalue weighted by Crippen LogP contribution is 2.35. The number of aromatic hydroxyl groups is 1. The minimum atomic E-state index is -0.427. The summed E-state index contributed by atoms with van der Waals surface area (Å²) in [4.78, 5) is 12.4. The first kappa shape index (κ1) is 15.6. The molecule has 1 amide bonds. The van der Waals surface area contributed by atoms with E-state index >= 15 is 0 Å². The fourth-order valence-electron chi connectivity index (χ4n) is 2.86. The van der Waals surface area contributed by atoms with E-state index in [0.29, 0.717) is 34.7 Å². The van der Waals surface area contributed by atoms with E-state index in [2.05, 4.69) is 5.32 Å². The van der Waals surface area contributed by atoms with Crippen LogP contribution in [0.5, 0.6) is 11.5 Å². The number of ether oxygens (including phenoxy) is 1. The Morgan fingerprint density at radius 3 is 2.87 bits per heavy atom. The van der Waals surface area contributed by atoms with E-state index in [-0.39, 0.29) is 23.2 Å². The van der Waals surface area contributed by atoms with E-state index in [0.717, 1.165) is 0 Å². The number of hydrogen-bond donors (Lipinski definition) is 2. The minimum Gasteiger partial charge on any atom is -0.507 e. The summed E-state index contributed by atoms with van der Waals surface area (Å²) in [6.45, 7) is 0. The number of halogens is 2. The number of carbonyl (C=O) groups is 1. The van der Waals surface area contributed by atoms with Crippen LogP contribution in [-0.4, -0.2) is 18.1 Å². The smallest absolute Gasteiger partial charge is 0.255 e. The van der Waals surface area contributed by atoms with Crippen LogP contribution in [-0.2, 0) is 6.42 Å². The molecule has 1 atom stereocenters. The normalized spacial score (nSPS) is 16.0. The van der Waals surface area contributed by atoms with Crippen LogP contribution in [0.15, 0.2) is 30.3 Å². The predicted octanol–water partition coefficient (Wildman–Crippen LogP) is 3.61. The zero-order chi connectivity index (χ0) is 16.6. The molecule has 23 heavy (non-hydrogen) atoms. The third-order valence-corrected chi connectivity index (χ3v) is 4.23. The highest BCUT2D eigenvalue weighted by molar-refractivity contribution is 6.30. The Kier molecular flexibility index (Phi) is 4.13. The molecule has 2 aromatic carbocycles. The number of amides is 1. The third kappa shape index (κ3) is 2.97. The number of methoxy groups -OCH3 is 1. The molecule has 2 N–H and O–H groups in total. The van der Waals surface area contributed by atoms with Crippen LogP contribution >= 0.6 is 11.6 Å². The van der Waals surface area contributed by atoms with Gasteiger partial charge in [0, 0.05) is 11.1 Å². The Labute approximate surface area is 137 Å². The standard InChI is InChI=1S/C17H15ClFNO3/c1-23-10-2-3-12(16(21)8-10)17(22)20-15-5-4-11-13(15)6-9(18)7-14(11)19/h2-3,6-8,15,21H,4-5H2,1H3,(H,20,22)/t15-/m1/s1. The van der Waals surface area contributed by atoms with Crippen LogP contribution < -0.4 is 10.1 Å². The maximum absolute atomic E-state index is 13.9. The van der Waals surface area contributed by atoms with Crippen molar-refractivity contribution in [2.24, 2.45) is 0 Å². The summed E-state index contributed by atoms with van der Waals surface area (Å²) in [5, 5.41) is 13.0. The van der Waals surface area contributed by atoms with Gasteiger partial charge in [-0.15, -0.1) is 0 Å². The van der Waals surface area contributed by atoms with E-state index < -0.39 is 5.91 Å². The van der Waals surface area contributed by atoms with Crippen LogP contribution in [0.4, 0.5) is 4.39 Å². The number of phenols is 1. The Morgan fingerprint density at radius 2 is 2.17 bits per heavy atom. The van der Waals surface area contributed by atoms with Gasteiger partial charge in [0.15, 0.2) is 0 Å². The summed E-state index contributed by atoms with van der Waals surface area (Å²) >= 11 is 5.90. The Morgan fingerprint density at radius 1 is 1.39 bits per heavy atom. The van der Waals surface area contributed by atoms with Crippen molar-refractivity contribution >= 4 is 17.5 Å². The minimum absolute atomic E-state index is 0.141. The fraction of sp³-hybridized carbons (Fsp3) is 0.235. The van der Waals surface area contributed by atoms with Crippen molar-refractivity contribution in [2.75, 3.05) is 7.11 Å². The Bertz CT molecular complexity index is 779. The van der Waals surface area contributed by atoms with Gasteiger partial charge in [0.1, 0.15) is 17.3 Å². The number of carbonyl (C=O) groups excluding carboxylic acids is 1. The molecule has 0 bridgehead atoms. The third-order valence-electron chi connectivity index (χ3n) is 4.01. The number of phenolic OH excluding ortho intramolecular Hbond substituents is 1. The van der Waals surface area contributed by atoms with Crippen LogP contribution in [0.1, 0.15) is 33.9 Å². The molecule has 2 aromatic rings. The largest absolute Gasteiger partial charge is 0.507 e. The number of hydrogen-bond acceptors (Lipinski definition) is 3. The van der Waals surface area contributed by atoms with Gasteiger partial charge in [0.2, 0.25) is 0 Å². The summed E-state index contributed by atoms with van der Waals surface area (Å²) < 4.78 is 18.9. The molecule has 0 spiro atoms. The van der Waals surface area contributed by atoms with Crippen molar-refractivity contribution in [3.8, 4) is 11.5 Å². The van der Waals surface area contributed by atoms with Crippen molar-refractivity contribution in [3.63, 3.8) is 0 Å². The van der Waals surface area contributed by atoms with Gasteiger partial charge in [-0.3, -0.25) is 4.79 Å². The molecular formula is C17H15ClFNO3. The molecule has 3 rings (SSSR count). The molecule has 1 aliphatic rings. The van der Waals surface area contributed by atoms with Gasteiger partial charge in [-0.2, -0.15) is 0 Å². The summed E-state index contributed by atoms with van der Waals surface area (Å²) in [5.41, 5.74) is 1.41. The molecule has 6 heteroatoms. The van der Waals surface area contributed by atoms with E-state index in [4.69, 9.17) is 16.3 Å². The van der Waals surface area contributed by atoms with Gasteiger partial charge < -0.3 is 15.2 Å². The van der Waals surface area contributed by atoms with E-state index in [9.17, 15) is 14.3 Å². The molecule has 0 radical (unpaired) electrons. The molecule has 0 fully saturated rings. The molecule has 0 unspecified atom stereocenters. The zero-order valence-electron chi connectivity index (χ0n) is 12.4. The first-order valence-corrected chi connectivity index (χ1v) is 7.53. The number of nitrogens with one attached hydrogen (secondary N) is 1. The van der Waals surface area contributed by atoms with Crippen LogP contribution in [0.3, 0.4) is 0 Å². The maximum Gasteiger partial charge on any atom is 0.255 e. The molecule has 0 aromatic heterocycles. The molecule has 0 saturated carbocycles. The Hall–Kier alpha value is -2.27. The number of benzene rings is 2.